The van der Waals surface area contributed by atoms with E-state index < -0.39 is 0 Å². The average Bonchev–Trinajstić information content (AvgIpc) is 2.70. The third kappa shape index (κ3) is 2.83. The third-order valence-electron chi connectivity index (χ3n) is 3.69. The minimum atomic E-state index is -0.0160. The molecule has 2 aliphatic rings. The monoisotopic (exact) mass is 226 g/mol. The van der Waals surface area contributed by atoms with Crippen molar-refractivity contribution in [3.05, 3.63) is 0 Å². The summed E-state index contributed by atoms with van der Waals surface area (Å²) in [4.78, 5) is 11.7. The number of hydrogen-bond acceptors (Lipinski definition) is 3. The van der Waals surface area contributed by atoms with Gasteiger partial charge in [0.2, 0.25) is 0 Å². The average molecular weight is 226 g/mol. The van der Waals surface area contributed by atoms with Crippen LogP contribution < -0.4 is 0 Å². The second-order valence-electron chi connectivity index (χ2n) is 4.99. The Labute approximate surface area is 97.5 Å². The van der Waals surface area contributed by atoms with Gasteiger partial charge in [0.05, 0.1) is 6.61 Å². The number of fused-ring (bicyclic) bond motifs is 1. The van der Waals surface area contributed by atoms with Gasteiger partial charge >= 0.3 is 0 Å². The molecule has 16 heavy (non-hydrogen) atoms. The van der Waals surface area contributed by atoms with Gasteiger partial charge < -0.3 is 9.47 Å². The molecule has 0 unspecified atom stereocenters. The van der Waals surface area contributed by atoms with Crippen molar-refractivity contribution >= 4 is 5.78 Å². The molecule has 2 saturated heterocycles. The number of unbranched alkanes of at least 4 members (excludes halogenated alkanes) is 1. The summed E-state index contributed by atoms with van der Waals surface area (Å²) in [5, 5.41) is 0. The van der Waals surface area contributed by atoms with E-state index in [9.17, 15) is 4.79 Å². The van der Waals surface area contributed by atoms with Crippen LogP contribution in [-0.2, 0) is 14.3 Å². The van der Waals surface area contributed by atoms with E-state index in [2.05, 4.69) is 6.92 Å². The Hall–Kier alpha value is -0.410. The molecular weight excluding hydrogens is 204 g/mol. The van der Waals surface area contributed by atoms with Gasteiger partial charge in [-0.3, -0.25) is 4.79 Å². The number of carbonyl (C=O) groups is 1. The molecule has 3 heteroatoms. The fourth-order valence-corrected chi connectivity index (χ4v) is 2.73. The van der Waals surface area contributed by atoms with Crippen LogP contribution in [0.3, 0.4) is 0 Å². The smallest absolute Gasteiger partial charge is 0.160 e. The van der Waals surface area contributed by atoms with Gasteiger partial charge in [-0.1, -0.05) is 13.3 Å². The summed E-state index contributed by atoms with van der Waals surface area (Å²) < 4.78 is 11.2. The molecule has 2 aliphatic heterocycles. The number of ether oxygens (including phenoxy) is 2. The largest absolute Gasteiger partial charge is 0.352 e. The lowest BCUT2D eigenvalue weighted by molar-refractivity contribution is -0.151. The van der Waals surface area contributed by atoms with E-state index in [1.807, 2.05) is 0 Å². The molecule has 0 spiro atoms. The number of Topliss-reactive ketones (excluding diaryl/α,β-unsaturated/α-hetero) is 1. The molecule has 0 aromatic heterocycles. The summed E-state index contributed by atoms with van der Waals surface area (Å²) >= 11 is 0. The lowest BCUT2D eigenvalue weighted by Crippen LogP contribution is -2.29. The summed E-state index contributed by atoms with van der Waals surface area (Å²) in [6.45, 7) is 3.65. The second-order valence-corrected chi connectivity index (χ2v) is 4.99. The summed E-state index contributed by atoms with van der Waals surface area (Å²) in [5.74, 6) is 1.29. The van der Waals surface area contributed by atoms with Crippen LogP contribution in [0.15, 0.2) is 0 Å². The van der Waals surface area contributed by atoms with Crippen molar-refractivity contribution in [3.63, 3.8) is 0 Å². The summed E-state index contributed by atoms with van der Waals surface area (Å²) in [6.07, 6.45) is 5.83. The van der Waals surface area contributed by atoms with Crippen LogP contribution in [0.1, 0.15) is 45.4 Å². The Kier molecular flexibility index (Phi) is 4.36. The zero-order valence-corrected chi connectivity index (χ0v) is 10.1. The number of rotatable bonds is 5. The van der Waals surface area contributed by atoms with E-state index in [1.54, 1.807) is 0 Å². The van der Waals surface area contributed by atoms with Crippen LogP contribution in [0.2, 0.25) is 0 Å². The van der Waals surface area contributed by atoms with Crippen LogP contribution in [0.4, 0.5) is 0 Å². The van der Waals surface area contributed by atoms with Gasteiger partial charge in [0.25, 0.3) is 0 Å². The topological polar surface area (TPSA) is 35.5 Å². The first-order chi connectivity index (χ1) is 7.81. The second kappa shape index (κ2) is 5.78. The molecule has 0 aliphatic carbocycles. The van der Waals surface area contributed by atoms with Gasteiger partial charge in [-0.05, 0) is 25.2 Å². The van der Waals surface area contributed by atoms with Crippen LogP contribution in [0.25, 0.3) is 0 Å². The van der Waals surface area contributed by atoms with E-state index in [1.165, 1.54) is 0 Å². The minimum Gasteiger partial charge on any atom is -0.352 e. The maximum Gasteiger partial charge on any atom is 0.160 e. The van der Waals surface area contributed by atoms with Crippen LogP contribution in [0, 0.1) is 11.8 Å². The van der Waals surface area contributed by atoms with Gasteiger partial charge in [0.1, 0.15) is 5.78 Å². The first kappa shape index (κ1) is 12.1. The van der Waals surface area contributed by atoms with Gasteiger partial charge in [-0.15, -0.1) is 0 Å². The van der Waals surface area contributed by atoms with E-state index in [0.29, 0.717) is 30.6 Å². The lowest BCUT2D eigenvalue weighted by Gasteiger charge is -2.27. The Morgan fingerprint density at radius 2 is 2.25 bits per heavy atom. The van der Waals surface area contributed by atoms with Crippen LogP contribution in [0.5, 0.6) is 0 Å². The highest BCUT2D eigenvalue weighted by atomic mass is 16.7. The zero-order valence-electron chi connectivity index (χ0n) is 10.1. The number of ketones is 1. The third-order valence-corrected chi connectivity index (χ3v) is 3.69. The normalized spacial score (nSPS) is 33.7. The van der Waals surface area contributed by atoms with Crippen LogP contribution >= 0.6 is 0 Å². The summed E-state index contributed by atoms with van der Waals surface area (Å²) in [6, 6.07) is 0. The van der Waals surface area contributed by atoms with Crippen molar-refractivity contribution < 1.29 is 14.3 Å². The predicted octanol–water partition coefficient (Wildman–Crippen LogP) is 2.53. The molecule has 2 rings (SSSR count). The molecular formula is C13H22O3. The van der Waals surface area contributed by atoms with Crippen molar-refractivity contribution in [2.24, 2.45) is 11.8 Å². The molecule has 0 bridgehead atoms. The first-order valence-corrected chi connectivity index (χ1v) is 6.56. The standard InChI is InChI=1S/C13H22O3/c1-2-3-5-11(14)8-10-9-16-13-12(10)6-4-7-15-13/h10,12-13H,2-9H2,1H3/t10-,12-,13+/m0/s1. The highest BCUT2D eigenvalue weighted by Gasteiger charge is 2.40. The molecule has 0 radical (unpaired) electrons. The first-order valence-electron chi connectivity index (χ1n) is 6.56. The Morgan fingerprint density at radius 3 is 3.06 bits per heavy atom. The Morgan fingerprint density at radius 1 is 1.38 bits per heavy atom. The van der Waals surface area contributed by atoms with Crippen molar-refractivity contribution in [1.82, 2.24) is 0 Å². The van der Waals surface area contributed by atoms with Gasteiger partial charge in [0, 0.05) is 25.4 Å². The van der Waals surface area contributed by atoms with Crippen molar-refractivity contribution in [2.75, 3.05) is 13.2 Å². The molecule has 0 aromatic carbocycles. The van der Waals surface area contributed by atoms with Crippen molar-refractivity contribution in [2.45, 2.75) is 51.7 Å². The molecule has 3 atom stereocenters. The van der Waals surface area contributed by atoms with E-state index >= 15 is 0 Å². The van der Waals surface area contributed by atoms with Crippen molar-refractivity contribution in [3.8, 4) is 0 Å². The molecule has 0 saturated carbocycles. The van der Waals surface area contributed by atoms with Gasteiger partial charge in [0.15, 0.2) is 6.29 Å². The molecule has 0 amide bonds. The minimum absolute atomic E-state index is 0.0160. The van der Waals surface area contributed by atoms with E-state index in [0.717, 1.165) is 38.7 Å². The zero-order chi connectivity index (χ0) is 11.4. The molecule has 2 heterocycles. The van der Waals surface area contributed by atoms with Crippen molar-refractivity contribution in [1.29, 1.82) is 0 Å². The van der Waals surface area contributed by atoms with E-state index in [-0.39, 0.29) is 6.29 Å². The Bertz CT molecular complexity index is 239. The molecule has 0 N–H and O–H groups in total. The maximum atomic E-state index is 11.7. The number of carbonyl (C=O) groups excluding carboxylic acids is 1. The van der Waals surface area contributed by atoms with Gasteiger partial charge in [-0.25, -0.2) is 0 Å². The fourth-order valence-electron chi connectivity index (χ4n) is 2.73. The van der Waals surface area contributed by atoms with Gasteiger partial charge in [-0.2, -0.15) is 0 Å². The highest BCUT2D eigenvalue weighted by Crippen LogP contribution is 2.36. The lowest BCUT2D eigenvalue weighted by atomic mass is 9.85. The SMILES string of the molecule is CCCCC(=O)C[C@H]1CO[C@H]2OCCC[C@@H]12. The molecule has 3 nitrogen and oxygen atoms in total. The predicted molar refractivity (Wildman–Crippen MR) is 61.1 cm³/mol. The summed E-state index contributed by atoms with van der Waals surface area (Å²) in [5.41, 5.74) is 0. The molecule has 2 fully saturated rings. The highest BCUT2D eigenvalue weighted by molar-refractivity contribution is 5.78. The molecule has 0 aromatic rings. The van der Waals surface area contributed by atoms with Crippen LogP contribution in [-0.4, -0.2) is 25.3 Å². The summed E-state index contributed by atoms with van der Waals surface area (Å²) in [7, 11) is 0. The molecule has 92 valence electrons. The Balaban J connectivity index is 1.79. The number of hydrogen-bond donors (Lipinski definition) is 0. The van der Waals surface area contributed by atoms with E-state index in [4.69, 9.17) is 9.47 Å². The maximum absolute atomic E-state index is 11.7. The fraction of sp³-hybridized carbons (Fsp3) is 0.923. The quantitative estimate of drug-likeness (QED) is 0.722.